The van der Waals surface area contributed by atoms with Crippen molar-refractivity contribution in [2.24, 2.45) is 0 Å². The molecule has 0 aliphatic carbocycles. The van der Waals surface area contributed by atoms with Crippen molar-refractivity contribution in [1.29, 1.82) is 0 Å². The third kappa shape index (κ3) is 3.06. The van der Waals surface area contributed by atoms with Crippen LogP contribution in [-0.2, 0) is 0 Å². The fraction of sp³-hybridized carbons (Fsp3) is 0. The maximum absolute atomic E-state index is 4.83. The van der Waals surface area contributed by atoms with Crippen LogP contribution in [0.5, 0.6) is 0 Å². The second-order valence-electron chi connectivity index (χ2n) is 0.338. The first-order chi connectivity index (χ1) is 1.91. The number of hydrogen-bond acceptors (Lipinski definition) is 0. The SMILES string of the molecule is C#[C][Mg][I]. The van der Waals surface area contributed by atoms with Crippen molar-refractivity contribution in [3.8, 4) is 10.5 Å². The molecule has 0 fully saturated rings. The van der Waals surface area contributed by atoms with Crippen molar-refractivity contribution in [2.45, 2.75) is 0 Å². The molecule has 0 bridgehead atoms. The fourth-order valence-electron chi connectivity index (χ4n) is 0. The number of rotatable bonds is 0. The molecule has 0 aliphatic heterocycles. The Balaban J connectivity index is 2.43. The highest BCUT2D eigenvalue weighted by Gasteiger charge is 1.66. The lowest BCUT2D eigenvalue weighted by Crippen LogP contribution is -1.54. The van der Waals surface area contributed by atoms with Gasteiger partial charge in [0.2, 0.25) is 0 Å². The topological polar surface area (TPSA) is 0 Å². The minimum atomic E-state index is -0.0778. The number of terminal acetylenes is 1. The van der Waals surface area contributed by atoms with Crippen LogP contribution < -0.4 is 0 Å². The Morgan fingerprint density at radius 1 is 2.00 bits per heavy atom. The molecule has 0 nitrogen and oxygen atoms in total. The second kappa shape index (κ2) is 4.06. The van der Waals surface area contributed by atoms with Crippen molar-refractivity contribution in [3.05, 3.63) is 0 Å². The number of halogens is 1. The first-order valence-corrected chi connectivity index (χ1v) is 6.73. The molecule has 0 N–H and O–H groups in total. The van der Waals surface area contributed by atoms with E-state index in [1.807, 2.05) is 0 Å². The summed E-state index contributed by atoms with van der Waals surface area (Å²) in [6.07, 6.45) is 4.83. The van der Waals surface area contributed by atoms with Crippen LogP contribution in [0.2, 0.25) is 0 Å². The molecule has 4 heavy (non-hydrogen) atoms. The van der Waals surface area contributed by atoms with Gasteiger partial charge in [-0.25, -0.2) is 0 Å². The minimum absolute atomic E-state index is 0.0778. The van der Waals surface area contributed by atoms with Crippen LogP contribution in [0.25, 0.3) is 0 Å². The maximum Gasteiger partial charge on any atom is 0.564 e. The van der Waals surface area contributed by atoms with Crippen LogP contribution in [-0.4, -0.2) is 16.5 Å². The molecule has 0 amide bonds. The molecule has 0 unspecified atom stereocenters. The van der Waals surface area contributed by atoms with Gasteiger partial charge in [-0.1, -0.05) is 0 Å². The molecule has 2 heteroatoms. The standard InChI is InChI=1S/C2H.HI.Mg/c1-2;;/h1H;1H;/q;;+1/p-1. The normalized spacial score (nSPS) is 3.00. The molecular formula is C2HIMg. The Hall–Kier alpha value is 1.06. The van der Waals surface area contributed by atoms with E-state index in [0.717, 1.165) is 0 Å². The summed E-state index contributed by atoms with van der Waals surface area (Å²) in [5.74, 6) is 0. The lowest BCUT2D eigenvalue weighted by atomic mass is 11.4. The summed E-state index contributed by atoms with van der Waals surface area (Å²) in [7, 11) is 0. The molecule has 18 valence electrons. The van der Waals surface area contributed by atoms with Gasteiger partial charge in [-0.3, -0.25) is 22.9 Å². The lowest BCUT2D eigenvalue weighted by molar-refractivity contribution is 3.09. The highest BCUT2D eigenvalue weighted by molar-refractivity contribution is 14.1. The Morgan fingerprint density at radius 3 is 2.25 bits per heavy atom. The van der Waals surface area contributed by atoms with Gasteiger partial charge in [0.05, 0.1) is 0 Å². The van der Waals surface area contributed by atoms with Gasteiger partial charge in [0.25, 0.3) is 0 Å². The summed E-state index contributed by atoms with van der Waals surface area (Å²) in [6.45, 7) is 0. The minimum Gasteiger partial charge on any atom is -0.271 e. The second-order valence-corrected chi connectivity index (χ2v) is 3.30. The van der Waals surface area contributed by atoms with Crippen molar-refractivity contribution >= 4 is 35.3 Å². The van der Waals surface area contributed by atoms with Crippen molar-refractivity contribution in [3.63, 3.8) is 0 Å². The van der Waals surface area contributed by atoms with E-state index in [2.05, 4.69) is 22.9 Å². The zero-order chi connectivity index (χ0) is 3.41. The highest BCUT2D eigenvalue weighted by Crippen LogP contribution is 1.64. The van der Waals surface area contributed by atoms with E-state index in [1.165, 1.54) is 0 Å². The smallest absolute Gasteiger partial charge is 0.271 e. The van der Waals surface area contributed by atoms with Gasteiger partial charge in [-0.15, -0.1) is 0 Å². The van der Waals surface area contributed by atoms with Gasteiger partial charge in [-0.2, -0.15) is 6.42 Å². The van der Waals surface area contributed by atoms with Crippen LogP contribution in [0, 0.1) is 10.5 Å². The van der Waals surface area contributed by atoms with Gasteiger partial charge >= 0.3 is 16.5 Å². The van der Waals surface area contributed by atoms with Crippen molar-refractivity contribution in [1.82, 2.24) is 0 Å². The van der Waals surface area contributed by atoms with Crippen LogP contribution in [0.4, 0.5) is 0 Å². The first-order valence-electron chi connectivity index (χ1n) is 0.909. The van der Waals surface area contributed by atoms with E-state index in [4.69, 9.17) is 6.42 Å². The summed E-state index contributed by atoms with van der Waals surface area (Å²) in [6, 6.07) is 0. The predicted octanol–water partition coefficient (Wildman–Crippen LogP) is 0.631. The third-order valence-corrected chi connectivity index (χ3v) is 1.55. The summed E-state index contributed by atoms with van der Waals surface area (Å²) in [5, 5.41) is 0. The van der Waals surface area contributed by atoms with Gasteiger partial charge in [0.15, 0.2) is 0 Å². The fourth-order valence-corrected chi connectivity index (χ4v) is 0. The Morgan fingerprint density at radius 2 is 2.25 bits per heavy atom. The van der Waals surface area contributed by atoms with E-state index in [9.17, 15) is 0 Å². The zero-order valence-corrected chi connectivity index (χ0v) is 5.73. The molecule has 0 aromatic heterocycles. The van der Waals surface area contributed by atoms with Gasteiger partial charge in [0, 0.05) is 0 Å². The van der Waals surface area contributed by atoms with Crippen LogP contribution in [0.1, 0.15) is 0 Å². The third-order valence-electron chi connectivity index (χ3n) is 0.0772. The monoisotopic (exact) mass is 176 g/mol. The molecule has 0 atom stereocenters. The summed E-state index contributed by atoms with van der Waals surface area (Å²) >= 11 is 2.18. The van der Waals surface area contributed by atoms with E-state index in [-0.39, 0.29) is 16.5 Å². The molecule has 0 aromatic carbocycles. The van der Waals surface area contributed by atoms with Crippen LogP contribution in [0.15, 0.2) is 0 Å². The molecule has 0 saturated carbocycles. The van der Waals surface area contributed by atoms with E-state index >= 15 is 0 Å². The van der Waals surface area contributed by atoms with Crippen LogP contribution >= 0.6 is 18.9 Å². The van der Waals surface area contributed by atoms with Gasteiger partial charge < -0.3 is 0 Å². The van der Waals surface area contributed by atoms with Gasteiger partial charge in [0.1, 0.15) is 0 Å². The molecular weight excluding hydrogens is 175 g/mol. The van der Waals surface area contributed by atoms with E-state index in [0.29, 0.717) is 0 Å². The average molecular weight is 176 g/mol. The largest absolute Gasteiger partial charge is 0.564 e. The van der Waals surface area contributed by atoms with Gasteiger partial charge in [-0.05, 0) is 0 Å². The van der Waals surface area contributed by atoms with E-state index < -0.39 is 0 Å². The summed E-state index contributed by atoms with van der Waals surface area (Å²) in [5.41, 5.74) is 0. The maximum atomic E-state index is 4.83. The van der Waals surface area contributed by atoms with E-state index in [1.54, 1.807) is 0 Å². The lowest BCUT2D eigenvalue weighted by Gasteiger charge is -1.42. The first kappa shape index (κ1) is 5.06. The van der Waals surface area contributed by atoms with Crippen molar-refractivity contribution < 1.29 is 0 Å². The Kier molecular flexibility index (Phi) is 5.13. The van der Waals surface area contributed by atoms with Crippen molar-refractivity contribution in [2.75, 3.05) is 0 Å². The molecule has 0 heterocycles. The highest BCUT2D eigenvalue weighted by atomic mass is 127. The molecule has 0 aliphatic rings. The Bertz CT molecular complexity index is 35.8. The van der Waals surface area contributed by atoms with Crippen LogP contribution in [0.3, 0.4) is 0 Å². The average Bonchev–Trinajstić information content (AvgIpc) is 1.37. The quantitative estimate of drug-likeness (QED) is 0.288. The number of hydrogen-bond donors (Lipinski definition) is 0. The molecule has 0 saturated heterocycles. The zero-order valence-electron chi connectivity index (χ0n) is 2.16. The molecule has 0 spiro atoms. The molecule has 0 radical (unpaired) electrons. The molecule has 0 rings (SSSR count). The Labute approximate surface area is 45.4 Å². The molecule has 0 aromatic rings. The summed E-state index contributed by atoms with van der Waals surface area (Å²) < 4.78 is 2.56. The summed E-state index contributed by atoms with van der Waals surface area (Å²) in [4.78, 5) is 0. The predicted molar refractivity (Wildman–Crippen MR) is 28.6 cm³/mol.